The van der Waals surface area contributed by atoms with Crippen molar-refractivity contribution in [2.75, 3.05) is 18.1 Å². The lowest BCUT2D eigenvalue weighted by Crippen LogP contribution is -2.00. The van der Waals surface area contributed by atoms with E-state index in [0.717, 1.165) is 22.4 Å². The molecule has 0 aliphatic heterocycles. The van der Waals surface area contributed by atoms with E-state index in [4.69, 9.17) is 15.7 Å². The minimum atomic E-state index is 0.598. The standard InChI is InChI=1S/C22H19N5/c1-24-19-12-6-10-17(14-19)22-26-20(15-7-3-2-4-8-15)25-21(27-22)16-9-5-11-18(23)13-16/h2-14,24H,23H2,1H3. The summed E-state index contributed by atoms with van der Waals surface area (Å²) in [5.41, 5.74) is 10.4. The minimum Gasteiger partial charge on any atom is -0.399 e. The highest BCUT2D eigenvalue weighted by molar-refractivity contribution is 5.69. The van der Waals surface area contributed by atoms with Gasteiger partial charge in [-0.3, -0.25) is 0 Å². The highest BCUT2D eigenvalue weighted by Gasteiger charge is 2.12. The van der Waals surface area contributed by atoms with Gasteiger partial charge in [-0.05, 0) is 24.3 Å². The highest BCUT2D eigenvalue weighted by atomic mass is 15.0. The van der Waals surface area contributed by atoms with E-state index in [0.29, 0.717) is 23.2 Å². The number of rotatable bonds is 4. The van der Waals surface area contributed by atoms with E-state index in [2.05, 4.69) is 10.3 Å². The summed E-state index contributed by atoms with van der Waals surface area (Å²) in [4.78, 5) is 14.1. The molecule has 0 radical (unpaired) electrons. The number of anilines is 2. The van der Waals surface area contributed by atoms with Gasteiger partial charge in [0, 0.05) is 35.1 Å². The first-order valence-electron chi connectivity index (χ1n) is 8.68. The van der Waals surface area contributed by atoms with E-state index < -0.39 is 0 Å². The second kappa shape index (κ2) is 7.25. The molecule has 1 aromatic heterocycles. The zero-order chi connectivity index (χ0) is 18.6. The smallest absolute Gasteiger partial charge is 0.164 e. The summed E-state index contributed by atoms with van der Waals surface area (Å²) in [6.07, 6.45) is 0. The second-order valence-corrected chi connectivity index (χ2v) is 6.13. The van der Waals surface area contributed by atoms with Crippen molar-refractivity contribution in [3.05, 3.63) is 78.9 Å². The molecule has 5 nitrogen and oxygen atoms in total. The third-order valence-electron chi connectivity index (χ3n) is 4.22. The van der Waals surface area contributed by atoms with E-state index in [1.54, 1.807) is 0 Å². The lowest BCUT2D eigenvalue weighted by molar-refractivity contribution is 1.07. The SMILES string of the molecule is CNc1cccc(-c2nc(-c3ccccc3)nc(-c3cccc(N)c3)n2)c1. The first kappa shape index (κ1) is 16.7. The number of nitrogen functional groups attached to an aromatic ring is 1. The van der Waals surface area contributed by atoms with Crippen LogP contribution in [0.4, 0.5) is 11.4 Å². The summed E-state index contributed by atoms with van der Waals surface area (Å²) in [5, 5.41) is 3.15. The van der Waals surface area contributed by atoms with Crippen LogP contribution in [0.5, 0.6) is 0 Å². The first-order valence-corrected chi connectivity index (χ1v) is 8.68. The highest BCUT2D eigenvalue weighted by Crippen LogP contribution is 2.26. The molecule has 0 unspecified atom stereocenters. The average molecular weight is 353 g/mol. The molecular weight excluding hydrogens is 334 g/mol. The van der Waals surface area contributed by atoms with Gasteiger partial charge in [0.05, 0.1) is 0 Å². The van der Waals surface area contributed by atoms with Crippen molar-refractivity contribution in [2.24, 2.45) is 0 Å². The fourth-order valence-electron chi connectivity index (χ4n) is 2.84. The largest absolute Gasteiger partial charge is 0.399 e. The van der Waals surface area contributed by atoms with E-state index in [1.165, 1.54) is 0 Å². The van der Waals surface area contributed by atoms with Crippen LogP contribution in [0.2, 0.25) is 0 Å². The number of nitrogens with zero attached hydrogens (tertiary/aromatic N) is 3. The maximum Gasteiger partial charge on any atom is 0.164 e. The molecule has 4 rings (SSSR count). The van der Waals surface area contributed by atoms with Gasteiger partial charge in [0.25, 0.3) is 0 Å². The number of aromatic nitrogens is 3. The molecule has 3 N–H and O–H groups in total. The van der Waals surface area contributed by atoms with Crippen LogP contribution in [0.25, 0.3) is 34.2 Å². The minimum absolute atomic E-state index is 0.598. The van der Waals surface area contributed by atoms with Gasteiger partial charge in [-0.25, -0.2) is 15.0 Å². The molecular formula is C22H19N5. The maximum atomic E-state index is 5.95. The van der Waals surface area contributed by atoms with Crippen molar-refractivity contribution in [1.29, 1.82) is 0 Å². The Kier molecular flexibility index (Phi) is 4.49. The van der Waals surface area contributed by atoms with Crippen molar-refractivity contribution in [3.63, 3.8) is 0 Å². The molecule has 27 heavy (non-hydrogen) atoms. The van der Waals surface area contributed by atoms with Gasteiger partial charge in [0.1, 0.15) is 0 Å². The van der Waals surface area contributed by atoms with Crippen LogP contribution in [-0.4, -0.2) is 22.0 Å². The summed E-state index contributed by atoms with van der Waals surface area (Å²) < 4.78 is 0. The Morgan fingerprint density at radius 2 is 1.19 bits per heavy atom. The molecule has 0 aliphatic carbocycles. The predicted molar refractivity (Wildman–Crippen MR) is 110 cm³/mol. The summed E-state index contributed by atoms with van der Waals surface area (Å²) in [7, 11) is 1.89. The Balaban J connectivity index is 1.91. The van der Waals surface area contributed by atoms with Crippen LogP contribution in [0.15, 0.2) is 78.9 Å². The van der Waals surface area contributed by atoms with E-state index in [1.807, 2.05) is 85.9 Å². The number of nitrogens with two attached hydrogens (primary N) is 1. The van der Waals surface area contributed by atoms with Crippen molar-refractivity contribution in [1.82, 2.24) is 15.0 Å². The molecule has 132 valence electrons. The third-order valence-corrected chi connectivity index (χ3v) is 4.22. The lowest BCUT2D eigenvalue weighted by atomic mass is 10.1. The van der Waals surface area contributed by atoms with Gasteiger partial charge in [-0.1, -0.05) is 54.6 Å². The summed E-state index contributed by atoms with van der Waals surface area (Å²) >= 11 is 0. The summed E-state index contributed by atoms with van der Waals surface area (Å²) in [5.74, 6) is 1.85. The first-order chi connectivity index (χ1) is 13.2. The Hall–Kier alpha value is -3.73. The van der Waals surface area contributed by atoms with Gasteiger partial charge in [0.15, 0.2) is 17.5 Å². The van der Waals surface area contributed by atoms with Crippen molar-refractivity contribution in [2.45, 2.75) is 0 Å². The zero-order valence-corrected chi connectivity index (χ0v) is 14.9. The molecule has 0 amide bonds. The fourth-order valence-corrected chi connectivity index (χ4v) is 2.84. The molecule has 0 saturated heterocycles. The van der Waals surface area contributed by atoms with E-state index in [-0.39, 0.29) is 0 Å². The molecule has 0 fully saturated rings. The number of nitrogens with one attached hydrogen (secondary N) is 1. The second-order valence-electron chi connectivity index (χ2n) is 6.13. The van der Waals surface area contributed by atoms with Gasteiger partial charge >= 0.3 is 0 Å². The predicted octanol–water partition coefficient (Wildman–Crippen LogP) is 4.50. The molecule has 0 saturated carbocycles. The van der Waals surface area contributed by atoms with Crippen LogP contribution in [0, 0.1) is 0 Å². The van der Waals surface area contributed by atoms with E-state index >= 15 is 0 Å². The third kappa shape index (κ3) is 3.62. The Labute approximate surface area is 158 Å². The fraction of sp³-hybridized carbons (Fsp3) is 0.0455. The van der Waals surface area contributed by atoms with Gasteiger partial charge < -0.3 is 11.1 Å². The zero-order valence-electron chi connectivity index (χ0n) is 14.9. The monoisotopic (exact) mass is 353 g/mol. The Morgan fingerprint density at radius 3 is 1.81 bits per heavy atom. The quantitative estimate of drug-likeness (QED) is 0.528. The molecule has 0 atom stereocenters. The lowest BCUT2D eigenvalue weighted by Gasteiger charge is -2.09. The Morgan fingerprint density at radius 1 is 0.630 bits per heavy atom. The Bertz CT molecular complexity index is 1080. The number of hydrogen-bond donors (Lipinski definition) is 2. The van der Waals surface area contributed by atoms with Crippen molar-refractivity contribution >= 4 is 11.4 Å². The molecule has 4 aromatic rings. The van der Waals surface area contributed by atoms with Crippen molar-refractivity contribution < 1.29 is 0 Å². The molecule has 0 aliphatic rings. The molecule has 3 aromatic carbocycles. The van der Waals surface area contributed by atoms with Gasteiger partial charge in [-0.2, -0.15) is 0 Å². The topological polar surface area (TPSA) is 76.7 Å². The summed E-state index contributed by atoms with van der Waals surface area (Å²) in [6, 6.07) is 25.5. The normalized spacial score (nSPS) is 10.6. The number of hydrogen-bond acceptors (Lipinski definition) is 5. The molecule has 5 heteroatoms. The summed E-state index contributed by atoms with van der Waals surface area (Å²) in [6.45, 7) is 0. The van der Waals surface area contributed by atoms with Crippen LogP contribution in [0.1, 0.15) is 0 Å². The van der Waals surface area contributed by atoms with E-state index in [9.17, 15) is 0 Å². The van der Waals surface area contributed by atoms with Crippen LogP contribution >= 0.6 is 0 Å². The molecule has 0 bridgehead atoms. The average Bonchev–Trinajstić information content (AvgIpc) is 2.74. The van der Waals surface area contributed by atoms with Crippen molar-refractivity contribution in [3.8, 4) is 34.2 Å². The number of benzene rings is 3. The maximum absolute atomic E-state index is 5.95. The van der Waals surface area contributed by atoms with Gasteiger partial charge in [0.2, 0.25) is 0 Å². The van der Waals surface area contributed by atoms with Crippen LogP contribution < -0.4 is 11.1 Å². The molecule has 1 heterocycles. The van der Waals surface area contributed by atoms with Crippen LogP contribution in [-0.2, 0) is 0 Å². The van der Waals surface area contributed by atoms with Crippen LogP contribution in [0.3, 0.4) is 0 Å². The van der Waals surface area contributed by atoms with Gasteiger partial charge in [-0.15, -0.1) is 0 Å². The molecule has 0 spiro atoms.